The van der Waals surface area contributed by atoms with Gasteiger partial charge in [0.2, 0.25) is 5.91 Å². The van der Waals surface area contributed by atoms with Gasteiger partial charge in [0, 0.05) is 10.4 Å². The van der Waals surface area contributed by atoms with E-state index in [1.165, 1.54) is 11.1 Å². The fourth-order valence-electron chi connectivity index (χ4n) is 2.47. The Kier molecular flexibility index (Phi) is 3.53. The Morgan fingerprint density at radius 1 is 1.25 bits per heavy atom. The fourth-order valence-corrected chi connectivity index (χ4v) is 2.88. The van der Waals surface area contributed by atoms with Gasteiger partial charge in [-0.25, -0.2) is 9.97 Å². The Morgan fingerprint density at radius 3 is 2.70 bits per heavy atom. The molecule has 2 aromatic rings. The normalized spacial score (nSPS) is 16.8. The molecule has 0 fully saturated rings. The summed E-state index contributed by atoms with van der Waals surface area (Å²) in [4.78, 5) is 20.4. The van der Waals surface area contributed by atoms with Gasteiger partial charge in [-0.15, -0.1) is 0 Å². The molecule has 4 nitrogen and oxygen atoms in total. The lowest BCUT2D eigenvalue weighted by Crippen LogP contribution is -2.23. The van der Waals surface area contributed by atoms with Crippen LogP contribution in [0.1, 0.15) is 17.0 Å². The summed E-state index contributed by atoms with van der Waals surface area (Å²) < 4.78 is 1.06. The number of rotatable bonds is 2. The number of halogens is 1. The van der Waals surface area contributed by atoms with E-state index in [1.807, 2.05) is 13.0 Å². The number of hydrogen-bond acceptors (Lipinski definition) is 3. The van der Waals surface area contributed by atoms with Gasteiger partial charge in [0.25, 0.3) is 0 Å². The molecule has 1 aliphatic rings. The van der Waals surface area contributed by atoms with Gasteiger partial charge in [0.15, 0.2) is 0 Å². The van der Waals surface area contributed by atoms with Crippen molar-refractivity contribution in [2.75, 3.05) is 5.32 Å². The number of nitrogens with one attached hydrogen (secondary N) is 1. The Morgan fingerprint density at radius 2 is 1.95 bits per heavy atom. The summed E-state index contributed by atoms with van der Waals surface area (Å²) in [6.07, 6.45) is 4.85. The van der Waals surface area contributed by atoms with E-state index in [1.54, 1.807) is 12.4 Å². The van der Waals surface area contributed by atoms with Crippen LogP contribution in [0.2, 0.25) is 0 Å². The number of anilines is 1. The Labute approximate surface area is 125 Å². The van der Waals surface area contributed by atoms with Crippen LogP contribution in [-0.4, -0.2) is 15.9 Å². The maximum Gasteiger partial charge on any atom is 0.228 e. The maximum absolute atomic E-state index is 12.3. The van der Waals surface area contributed by atoms with E-state index in [0.717, 1.165) is 17.3 Å². The Hall–Kier alpha value is -1.75. The van der Waals surface area contributed by atoms with Crippen molar-refractivity contribution in [3.8, 4) is 0 Å². The molecule has 102 valence electrons. The van der Waals surface area contributed by atoms with Gasteiger partial charge < -0.3 is 5.32 Å². The number of fused-ring (bicyclic) bond motifs is 1. The number of hydrogen-bond donors (Lipinski definition) is 1. The molecule has 0 bridgehead atoms. The summed E-state index contributed by atoms with van der Waals surface area (Å²) in [5.74, 6) is 0.714. The molecule has 1 amide bonds. The second kappa shape index (κ2) is 5.32. The lowest BCUT2D eigenvalue weighted by molar-refractivity contribution is -0.119. The van der Waals surface area contributed by atoms with Gasteiger partial charge in [-0.1, -0.05) is 22.0 Å². The SMILES string of the molecule is Cc1ncc(NC(=O)C2Cc3ccc(Br)cc3C2)cn1. The zero-order valence-electron chi connectivity index (χ0n) is 11.1. The standard InChI is InChI=1S/C15H14BrN3O/c1-9-17-7-14(8-18-9)19-15(20)12-4-10-2-3-13(16)6-11(10)5-12/h2-3,6-8,12H,4-5H2,1H3,(H,19,20). The van der Waals surface area contributed by atoms with Crippen molar-refractivity contribution in [2.45, 2.75) is 19.8 Å². The first-order valence-corrected chi connectivity index (χ1v) is 7.28. The third kappa shape index (κ3) is 2.72. The molecule has 1 heterocycles. The first kappa shape index (κ1) is 13.2. The van der Waals surface area contributed by atoms with Crippen LogP contribution in [0.25, 0.3) is 0 Å². The fraction of sp³-hybridized carbons (Fsp3) is 0.267. The number of carbonyl (C=O) groups excluding carboxylic acids is 1. The lowest BCUT2D eigenvalue weighted by Gasteiger charge is -2.09. The number of aromatic nitrogens is 2. The van der Waals surface area contributed by atoms with Crippen LogP contribution >= 0.6 is 15.9 Å². The summed E-state index contributed by atoms with van der Waals surface area (Å²) >= 11 is 3.47. The van der Waals surface area contributed by atoms with E-state index in [4.69, 9.17) is 0 Å². The highest BCUT2D eigenvalue weighted by Gasteiger charge is 2.27. The van der Waals surface area contributed by atoms with Gasteiger partial charge in [-0.05, 0) is 43.0 Å². The van der Waals surface area contributed by atoms with E-state index >= 15 is 0 Å². The van der Waals surface area contributed by atoms with E-state index < -0.39 is 0 Å². The highest BCUT2D eigenvalue weighted by atomic mass is 79.9. The molecule has 5 heteroatoms. The molecule has 1 atom stereocenters. The lowest BCUT2D eigenvalue weighted by atomic mass is 10.1. The molecule has 1 N–H and O–H groups in total. The van der Waals surface area contributed by atoms with Crippen molar-refractivity contribution < 1.29 is 4.79 Å². The van der Waals surface area contributed by atoms with E-state index in [2.05, 4.69) is 43.3 Å². The van der Waals surface area contributed by atoms with Crippen molar-refractivity contribution in [1.29, 1.82) is 0 Å². The molecule has 0 spiro atoms. The van der Waals surface area contributed by atoms with Crippen molar-refractivity contribution in [3.05, 3.63) is 52.0 Å². The predicted molar refractivity (Wildman–Crippen MR) is 80.4 cm³/mol. The zero-order valence-corrected chi connectivity index (χ0v) is 12.6. The zero-order chi connectivity index (χ0) is 14.1. The van der Waals surface area contributed by atoms with E-state index in [0.29, 0.717) is 11.5 Å². The van der Waals surface area contributed by atoms with Crippen LogP contribution in [-0.2, 0) is 17.6 Å². The van der Waals surface area contributed by atoms with Gasteiger partial charge >= 0.3 is 0 Å². The van der Waals surface area contributed by atoms with Gasteiger partial charge in [-0.2, -0.15) is 0 Å². The largest absolute Gasteiger partial charge is 0.323 e. The monoisotopic (exact) mass is 331 g/mol. The highest BCUT2D eigenvalue weighted by molar-refractivity contribution is 9.10. The molecule has 0 saturated heterocycles. The Bertz CT molecular complexity index is 655. The molecule has 1 aromatic heterocycles. The van der Waals surface area contributed by atoms with Crippen molar-refractivity contribution in [3.63, 3.8) is 0 Å². The molecule has 1 unspecified atom stereocenters. The quantitative estimate of drug-likeness (QED) is 0.920. The van der Waals surface area contributed by atoms with Crippen molar-refractivity contribution in [1.82, 2.24) is 9.97 Å². The van der Waals surface area contributed by atoms with Crippen LogP contribution in [0, 0.1) is 12.8 Å². The van der Waals surface area contributed by atoms with E-state index in [-0.39, 0.29) is 11.8 Å². The number of benzene rings is 1. The van der Waals surface area contributed by atoms with Crippen LogP contribution in [0.15, 0.2) is 35.1 Å². The van der Waals surface area contributed by atoms with Gasteiger partial charge in [0.1, 0.15) is 5.82 Å². The first-order valence-electron chi connectivity index (χ1n) is 6.48. The van der Waals surface area contributed by atoms with Crippen molar-refractivity contribution >= 4 is 27.5 Å². The molecule has 1 aliphatic carbocycles. The number of aryl methyl sites for hydroxylation is 1. The number of carbonyl (C=O) groups is 1. The molecule has 20 heavy (non-hydrogen) atoms. The second-order valence-electron chi connectivity index (χ2n) is 5.03. The molecule has 3 rings (SSSR count). The van der Waals surface area contributed by atoms with Gasteiger partial charge in [0.05, 0.1) is 18.1 Å². The molecule has 0 aliphatic heterocycles. The average molecular weight is 332 g/mol. The van der Waals surface area contributed by atoms with Crippen LogP contribution in [0.4, 0.5) is 5.69 Å². The minimum Gasteiger partial charge on any atom is -0.323 e. The average Bonchev–Trinajstić information content (AvgIpc) is 2.84. The summed E-state index contributed by atoms with van der Waals surface area (Å²) in [5.41, 5.74) is 3.16. The van der Waals surface area contributed by atoms with Crippen molar-refractivity contribution in [2.24, 2.45) is 5.92 Å². The molecular formula is C15H14BrN3O. The topological polar surface area (TPSA) is 54.9 Å². The number of nitrogens with zero attached hydrogens (tertiary/aromatic N) is 2. The molecule has 0 radical (unpaired) electrons. The first-order chi connectivity index (χ1) is 9.61. The summed E-state index contributed by atoms with van der Waals surface area (Å²) in [6, 6.07) is 6.20. The Balaban J connectivity index is 1.69. The second-order valence-corrected chi connectivity index (χ2v) is 5.94. The summed E-state index contributed by atoms with van der Waals surface area (Å²) in [7, 11) is 0. The third-order valence-electron chi connectivity index (χ3n) is 3.52. The molecule has 0 saturated carbocycles. The molecular weight excluding hydrogens is 318 g/mol. The smallest absolute Gasteiger partial charge is 0.228 e. The predicted octanol–water partition coefficient (Wildman–Crippen LogP) is 2.90. The maximum atomic E-state index is 12.3. The van der Waals surface area contributed by atoms with Crippen LogP contribution in [0.3, 0.4) is 0 Å². The van der Waals surface area contributed by atoms with Gasteiger partial charge in [-0.3, -0.25) is 4.79 Å². The third-order valence-corrected chi connectivity index (χ3v) is 4.01. The summed E-state index contributed by atoms with van der Waals surface area (Å²) in [5, 5.41) is 2.88. The summed E-state index contributed by atoms with van der Waals surface area (Å²) in [6.45, 7) is 1.82. The highest BCUT2D eigenvalue weighted by Crippen LogP contribution is 2.29. The minimum atomic E-state index is -0.0133. The van der Waals surface area contributed by atoms with E-state index in [9.17, 15) is 4.79 Å². The van der Waals surface area contributed by atoms with Crippen LogP contribution < -0.4 is 5.32 Å². The minimum absolute atomic E-state index is 0.0133. The molecule has 1 aromatic carbocycles. The van der Waals surface area contributed by atoms with Crippen LogP contribution in [0.5, 0.6) is 0 Å². The number of amides is 1.